The van der Waals surface area contributed by atoms with Gasteiger partial charge in [0.05, 0.1) is 0 Å². The normalized spacial score (nSPS) is 15.8. The maximum atomic E-state index is 4.71. The van der Waals surface area contributed by atoms with E-state index in [-0.39, 0.29) is 0 Å². The molecule has 6 nitrogen and oxygen atoms in total. The molecule has 2 heterocycles. The van der Waals surface area contributed by atoms with Crippen LogP contribution in [-0.4, -0.2) is 40.2 Å². The molecule has 3 rings (SSSR count). The largest absolute Gasteiger partial charge is 0.357 e. The second-order valence-corrected chi connectivity index (χ2v) is 6.78. The van der Waals surface area contributed by atoms with E-state index in [4.69, 9.17) is 4.99 Å². The predicted octanol–water partition coefficient (Wildman–Crippen LogP) is 2.80. The average Bonchev–Trinajstić information content (AvgIpc) is 3.29. The Hall–Kier alpha value is -2.11. The monoisotopic (exact) mass is 342 g/mol. The zero-order valence-electron chi connectivity index (χ0n) is 15.2. The predicted molar refractivity (Wildman–Crippen MR) is 102 cm³/mol. The quantitative estimate of drug-likeness (QED) is 0.440. The van der Waals surface area contributed by atoms with Crippen molar-refractivity contribution in [1.82, 2.24) is 25.2 Å². The lowest BCUT2D eigenvalue weighted by Gasteiger charge is -2.11. The highest BCUT2D eigenvalue weighted by atomic mass is 15.2. The van der Waals surface area contributed by atoms with Gasteiger partial charge in [-0.3, -0.25) is 9.39 Å². The molecule has 2 aromatic heterocycles. The molecule has 0 spiro atoms. The van der Waals surface area contributed by atoms with Crippen LogP contribution >= 0.6 is 0 Å². The third kappa shape index (κ3) is 5.18. The summed E-state index contributed by atoms with van der Waals surface area (Å²) in [5.41, 5.74) is 0.894. The Morgan fingerprint density at radius 2 is 2.12 bits per heavy atom. The number of hydrogen-bond donors (Lipinski definition) is 2. The molecule has 0 unspecified atom stereocenters. The van der Waals surface area contributed by atoms with E-state index in [1.54, 1.807) is 0 Å². The lowest BCUT2D eigenvalue weighted by molar-refractivity contribution is 0.487. The van der Waals surface area contributed by atoms with E-state index in [0.717, 1.165) is 49.4 Å². The third-order valence-corrected chi connectivity index (χ3v) is 4.88. The fourth-order valence-electron chi connectivity index (χ4n) is 3.57. The van der Waals surface area contributed by atoms with Gasteiger partial charge in [0.15, 0.2) is 11.6 Å². The number of nitrogens with one attached hydrogen (secondary N) is 2. The van der Waals surface area contributed by atoms with Crippen molar-refractivity contribution in [3.05, 3.63) is 30.2 Å². The average molecular weight is 342 g/mol. The molecule has 0 amide bonds. The Morgan fingerprint density at radius 1 is 1.24 bits per heavy atom. The number of hydrogen-bond acceptors (Lipinski definition) is 3. The van der Waals surface area contributed by atoms with Gasteiger partial charge in [-0.1, -0.05) is 31.7 Å². The molecule has 6 heteroatoms. The zero-order chi connectivity index (χ0) is 17.3. The highest BCUT2D eigenvalue weighted by Gasteiger charge is 2.13. The van der Waals surface area contributed by atoms with E-state index in [1.165, 1.54) is 38.5 Å². The molecule has 1 fully saturated rings. The topological polar surface area (TPSA) is 66.6 Å². The molecule has 136 valence electrons. The minimum atomic E-state index is 0.796. The van der Waals surface area contributed by atoms with Gasteiger partial charge in [0.2, 0.25) is 0 Å². The van der Waals surface area contributed by atoms with E-state index < -0.39 is 0 Å². The van der Waals surface area contributed by atoms with Gasteiger partial charge in [-0.05, 0) is 37.8 Å². The van der Waals surface area contributed by atoms with Crippen LogP contribution in [-0.2, 0) is 6.42 Å². The van der Waals surface area contributed by atoms with E-state index in [9.17, 15) is 0 Å². The van der Waals surface area contributed by atoms with E-state index in [2.05, 4.69) is 27.8 Å². The van der Waals surface area contributed by atoms with Crippen molar-refractivity contribution in [2.45, 2.75) is 51.9 Å². The number of aliphatic imine (C=N–C) groups is 1. The van der Waals surface area contributed by atoms with Crippen LogP contribution in [0, 0.1) is 5.92 Å². The minimum absolute atomic E-state index is 0.796. The first-order valence-electron chi connectivity index (χ1n) is 9.67. The summed E-state index contributed by atoms with van der Waals surface area (Å²) in [6.07, 6.45) is 11.0. The summed E-state index contributed by atoms with van der Waals surface area (Å²) in [7, 11) is 0. The van der Waals surface area contributed by atoms with Crippen molar-refractivity contribution in [2.24, 2.45) is 10.9 Å². The van der Waals surface area contributed by atoms with Gasteiger partial charge < -0.3 is 10.6 Å². The van der Waals surface area contributed by atoms with E-state index >= 15 is 0 Å². The minimum Gasteiger partial charge on any atom is -0.357 e. The maximum absolute atomic E-state index is 4.71. The molecule has 1 saturated carbocycles. The first-order valence-corrected chi connectivity index (χ1v) is 9.67. The fourth-order valence-corrected chi connectivity index (χ4v) is 3.57. The number of guanidine groups is 1. The summed E-state index contributed by atoms with van der Waals surface area (Å²) in [4.78, 5) is 4.71. The number of fused-ring (bicyclic) bond motifs is 1. The van der Waals surface area contributed by atoms with Crippen LogP contribution < -0.4 is 10.6 Å². The molecule has 2 N–H and O–H groups in total. The van der Waals surface area contributed by atoms with Crippen LogP contribution in [0.25, 0.3) is 5.65 Å². The van der Waals surface area contributed by atoms with Gasteiger partial charge in [0.25, 0.3) is 0 Å². The van der Waals surface area contributed by atoms with Crippen molar-refractivity contribution in [1.29, 1.82) is 0 Å². The first kappa shape index (κ1) is 17.7. The van der Waals surface area contributed by atoms with Gasteiger partial charge in [-0.25, -0.2) is 0 Å². The standard InChI is InChI=1S/C19H30N6/c1-2-20-19(21-13-7-10-16-8-3-4-9-16)22-14-12-18-24-23-17-11-5-6-15-25(17)18/h5-6,11,15-16H,2-4,7-10,12-14H2,1H3,(H2,20,21,22). The molecule has 25 heavy (non-hydrogen) atoms. The van der Waals surface area contributed by atoms with Crippen molar-refractivity contribution in [2.75, 3.05) is 19.6 Å². The molecule has 0 aliphatic heterocycles. The van der Waals surface area contributed by atoms with Crippen LogP contribution in [0.5, 0.6) is 0 Å². The number of rotatable bonds is 8. The summed E-state index contributed by atoms with van der Waals surface area (Å²) in [5.74, 6) is 2.83. The lowest BCUT2D eigenvalue weighted by atomic mass is 10.0. The summed E-state index contributed by atoms with van der Waals surface area (Å²) in [5, 5.41) is 15.2. The Kier molecular flexibility index (Phi) is 6.65. The SMILES string of the molecule is CCNC(=NCCCC1CCCC1)NCCc1nnc2ccccn12. The van der Waals surface area contributed by atoms with E-state index in [1.807, 2.05) is 28.8 Å². The Morgan fingerprint density at radius 3 is 2.96 bits per heavy atom. The summed E-state index contributed by atoms with van der Waals surface area (Å²) >= 11 is 0. The van der Waals surface area contributed by atoms with Crippen molar-refractivity contribution in [3.63, 3.8) is 0 Å². The highest BCUT2D eigenvalue weighted by molar-refractivity contribution is 5.79. The van der Waals surface area contributed by atoms with Gasteiger partial charge in [0, 0.05) is 32.3 Å². The van der Waals surface area contributed by atoms with E-state index in [0.29, 0.717) is 0 Å². The maximum Gasteiger partial charge on any atom is 0.191 e. The van der Waals surface area contributed by atoms with Crippen LogP contribution in [0.4, 0.5) is 0 Å². The van der Waals surface area contributed by atoms with Crippen molar-refractivity contribution < 1.29 is 0 Å². The van der Waals surface area contributed by atoms with Crippen molar-refractivity contribution >= 4 is 11.6 Å². The third-order valence-electron chi connectivity index (χ3n) is 4.88. The molecule has 1 aliphatic rings. The molecule has 2 aromatic rings. The van der Waals surface area contributed by atoms with Gasteiger partial charge in [-0.15, -0.1) is 10.2 Å². The molecular weight excluding hydrogens is 312 g/mol. The molecule has 0 aromatic carbocycles. The van der Waals surface area contributed by atoms with Crippen LogP contribution in [0.2, 0.25) is 0 Å². The highest BCUT2D eigenvalue weighted by Crippen LogP contribution is 2.28. The van der Waals surface area contributed by atoms with Gasteiger partial charge in [0.1, 0.15) is 5.82 Å². The molecular formula is C19H30N6. The second-order valence-electron chi connectivity index (χ2n) is 6.78. The van der Waals surface area contributed by atoms with Gasteiger partial charge >= 0.3 is 0 Å². The summed E-state index contributed by atoms with van der Waals surface area (Å²) in [6, 6.07) is 5.95. The fraction of sp³-hybridized carbons (Fsp3) is 0.632. The van der Waals surface area contributed by atoms with Crippen molar-refractivity contribution in [3.8, 4) is 0 Å². The first-order chi connectivity index (χ1) is 12.4. The summed E-state index contributed by atoms with van der Waals surface area (Å²) < 4.78 is 2.04. The molecule has 0 bridgehead atoms. The Balaban J connectivity index is 1.43. The van der Waals surface area contributed by atoms with Gasteiger partial charge in [-0.2, -0.15) is 0 Å². The van der Waals surface area contributed by atoms with Crippen LogP contribution in [0.1, 0.15) is 51.3 Å². The Bertz CT molecular complexity index is 671. The summed E-state index contributed by atoms with van der Waals surface area (Å²) in [6.45, 7) is 4.67. The lowest BCUT2D eigenvalue weighted by Crippen LogP contribution is -2.38. The molecule has 0 atom stereocenters. The van der Waals surface area contributed by atoms with Crippen LogP contribution in [0.15, 0.2) is 29.4 Å². The number of pyridine rings is 1. The second kappa shape index (κ2) is 9.39. The number of nitrogens with zero attached hydrogens (tertiary/aromatic N) is 4. The number of aromatic nitrogens is 3. The van der Waals surface area contributed by atoms with Crippen LogP contribution in [0.3, 0.4) is 0 Å². The Labute approximate surface area is 150 Å². The smallest absolute Gasteiger partial charge is 0.191 e. The molecule has 0 radical (unpaired) electrons. The molecule has 1 aliphatic carbocycles. The molecule has 0 saturated heterocycles. The zero-order valence-corrected chi connectivity index (χ0v) is 15.2.